The van der Waals surface area contributed by atoms with Gasteiger partial charge in [0.1, 0.15) is 12.9 Å². The highest BCUT2D eigenvalue weighted by Crippen LogP contribution is 2.28. The molecule has 0 unspecified atom stereocenters. The summed E-state index contributed by atoms with van der Waals surface area (Å²) in [6.45, 7) is 1.80. The lowest BCUT2D eigenvalue weighted by Crippen LogP contribution is -2.00. The van der Waals surface area contributed by atoms with Crippen molar-refractivity contribution in [1.29, 1.82) is 0 Å². The van der Waals surface area contributed by atoms with Crippen molar-refractivity contribution in [3.63, 3.8) is 0 Å². The van der Waals surface area contributed by atoms with E-state index in [4.69, 9.17) is 9.57 Å². The molecule has 0 aromatic heterocycles. The number of hydrogen-bond donors (Lipinski definition) is 0. The molecule has 0 aliphatic heterocycles. The van der Waals surface area contributed by atoms with Gasteiger partial charge in [-0.15, -0.1) is 0 Å². The summed E-state index contributed by atoms with van der Waals surface area (Å²) in [5.74, 6) is 0.307. The first kappa shape index (κ1) is 15.5. The summed E-state index contributed by atoms with van der Waals surface area (Å²) in [4.78, 5) is 4.77. The largest absolute Gasteiger partial charge is 0.454 e. The number of benzene rings is 2. The topological polar surface area (TPSA) is 30.8 Å². The lowest BCUT2D eigenvalue weighted by molar-refractivity contribution is 0.213. The Hall–Kier alpha value is -1.88. The molecule has 2 aromatic carbocycles. The van der Waals surface area contributed by atoms with Crippen molar-refractivity contribution in [2.75, 3.05) is 7.11 Å². The van der Waals surface area contributed by atoms with Crippen LogP contribution < -0.4 is 4.74 Å². The normalized spacial score (nSPS) is 11.3. The molecular formula is C16H15BrFNO2. The van der Waals surface area contributed by atoms with Crippen LogP contribution in [-0.4, -0.2) is 12.8 Å². The van der Waals surface area contributed by atoms with Gasteiger partial charge in [0, 0.05) is 10.9 Å². The minimum absolute atomic E-state index is 0.178. The molecular weight excluding hydrogens is 337 g/mol. The molecule has 110 valence electrons. The van der Waals surface area contributed by atoms with Crippen molar-refractivity contribution in [2.24, 2.45) is 5.16 Å². The number of nitrogens with zero attached hydrogens (tertiary/aromatic N) is 1. The third-order valence-electron chi connectivity index (χ3n) is 2.88. The third kappa shape index (κ3) is 3.82. The van der Waals surface area contributed by atoms with Gasteiger partial charge < -0.3 is 9.57 Å². The second kappa shape index (κ2) is 7.22. The maximum Gasteiger partial charge on any atom is 0.166 e. The van der Waals surface area contributed by atoms with E-state index in [9.17, 15) is 4.39 Å². The Labute approximate surface area is 131 Å². The molecule has 0 aliphatic rings. The van der Waals surface area contributed by atoms with E-state index in [0.29, 0.717) is 16.8 Å². The summed E-state index contributed by atoms with van der Waals surface area (Å²) < 4.78 is 19.7. The van der Waals surface area contributed by atoms with E-state index >= 15 is 0 Å². The summed E-state index contributed by atoms with van der Waals surface area (Å²) in [7, 11) is 1.48. The molecule has 0 spiro atoms. The maximum atomic E-state index is 14.0. The predicted octanol–water partition coefficient (Wildman–Crippen LogP) is 4.88. The van der Waals surface area contributed by atoms with Crippen molar-refractivity contribution in [3.05, 3.63) is 59.4 Å². The van der Waals surface area contributed by atoms with Crippen molar-refractivity contribution >= 4 is 21.6 Å². The predicted molar refractivity (Wildman–Crippen MR) is 84.8 cm³/mol. The van der Waals surface area contributed by atoms with Gasteiger partial charge in [-0.25, -0.2) is 4.39 Å². The number of rotatable bonds is 5. The van der Waals surface area contributed by atoms with E-state index in [1.165, 1.54) is 13.2 Å². The summed E-state index contributed by atoms with van der Waals surface area (Å²) >= 11 is 3.29. The third-order valence-corrected chi connectivity index (χ3v) is 3.52. The highest BCUT2D eigenvalue weighted by atomic mass is 79.9. The van der Waals surface area contributed by atoms with Crippen LogP contribution in [0.2, 0.25) is 0 Å². The van der Waals surface area contributed by atoms with Crippen LogP contribution in [0.4, 0.5) is 4.39 Å². The van der Waals surface area contributed by atoms with Crippen LogP contribution in [0.15, 0.2) is 47.6 Å². The Morgan fingerprint density at radius 3 is 2.62 bits per heavy atom. The molecule has 2 aromatic rings. The van der Waals surface area contributed by atoms with Crippen LogP contribution in [-0.2, 0) is 10.2 Å². The zero-order valence-electron chi connectivity index (χ0n) is 11.8. The van der Waals surface area contributed by atoms with Crippen molar-refractivity contribution in [3.8, 4) is 11.5 Å². The summed E-state index contributed by atoms with van der Waals surface area (Å²) in [6, 6.07) is 12.2. The standard InChI is InChI=1S/C16H15BrFNO2/c1-11(19-20-2)13-5-3-4-6-15(13)21-16-8-7-12(10-17)9-14(16)18/h3-9H,10H2,1-2H3/b19-11+. The Kier molecular flexibility index (Phi) is 5.33. The number of halogens is 2. The first-order chi connectivity index (χ1) is 10.2. The molecule has 0 heterocycles. The van der Waals surface area contributed by atoms with Gasteiger partial charge in [0.25, 0.3) is 0 Å². The van der Waals surface area contributed by atoms with Gasteiger partial charge in [-0.2, -0.15) is 0 Å². The van der Waals surface area contributed by atoms with Crippen LogP contribution in [0.3, 0.4) is 0 Å². The smallest absolute Gasteiger partial charge is 0.166 e. The van der Waals surface area contributed by atoms with Gasteiger partial charge in [-0.1, -0.05) is 39.3 Å². The molecule has 0 aliphatic carbocycles. The zero-order chi connectivity index (χ0) is 15.2. The second-order valence-electron chi connectivity index (χ2n) is 4.36. The Morgan fingerprint density at radius 1 is 1.19 bits per heavy atom. The minimum atomic E-state index is -0.400. The van der Waals surface area contributed by atoms with E-state index in [1.54, 1.807) is 19.1 Å². The maximum absolute atomic E-state index is 14.0. The van der Waals surface area contributed by atoms with E-state index in [1.807, 2.05) is 24.3 Å². The number of para-hydroxylation sites is 1. The fourth-order valence-electron chi connectivity index (χ4n) is 1.87. The number of ether oxygens (including phenoxy) is 1. The van der Waals surface area contributed by atoms with Gasteiger partial charge in [-0.05, 0) is 36.8 Å². The second-order valence-corrected chi connectivity index (χ2v) is 4.92. The highest BCUT2D eigenvalue weighted by Gasteiger charge is 2.11. The zero-order valence-corrected chi connectivity index (χ0v) is 13.4. The average molecular weight is 352 g/mol. The molecule has 0 bridgehead atoms. The monoisotopic (exact) mass is 351 g/mol. The van der Waals surface area contributed by atoms with Crippen molar-refractivity contribution < 1.29 is 14.0 Å². The molecule has 5 heteroatoms. The van der Waals surface area contributed by atoms with Crippen molar-refractivity contribution in [2.45, 2.75) is 12.3 Å². The Bertz CT molecular complexity index is 658. The molecule has 0 atom stereocenters. The molecule has 3 nitrogen and oxygen atoms in total. The van der Waals surface area contributed by atoms with E-state index in [0.717, 1.165) is 11.1 Å². The summed E-state index contributed by atoms with van der Waals surface area (Å²) in [5.41, 5.74) is 2.26. The van der Waals surface area contributed by atoms with E-state index in [-0.39, 0.29) is 5.75 Å². The molecule has 0 radical (unpaired) electrons. The average Bonchev–Trinajstić information content (AvgIpc) is 2.50. The first-order valence-corrected chi connectivity index (χ1v) is 7.47. The quantitative estimate of drug-likeness (QED) is 0.436. The van der Waals surface area contributed by atoms with Crippen LogP contribution in [0.1, 0.15) is 18.1 Å². The minimum Gasteiger partial charge on any atom is -0.454 e. The Morgan fingerprint density at radius 2 is 1.95 bits per heavy atom. The van der Waals surface area contributed by atoms with Crippen LogP contribution in [0.5, 0.6) is 11.5 Å². The molecule has 0 amide bonds. The van der Waals surface area contributed by atoms with Crippen LogP contribution >= 0.6 is 15.9 Å². The fraction of sp³-hybridized carbons (Fsp3) is 0.188. The van der Waals surface area contributed by atoms with Gasteiger partial charge in [0.15, 0.2) is 11.6 Å². The molecule has 0 fully saturated rings. The number of alkyl halides is 1. The highest BCUT2D eigenvalue weighted by molar-refractivity contribution is 9.08. The summed E-state index contributed by atoms with van der Waals surface area (Å²) in [6.07, 6.45) is 0. The summed E-state index contributed by atoms with van der Waals surface area (Å²) in [5, 5.41) is 4.48. The van der Waals surface area contributed by atoms with Crippen LogP contribution in [0, 0.1) is 5.82 Å². The molecule has 0 saturated carbocycles. The van der Waals surface area contributed by atoms with Gasteiger partial charge in [0.2, 0.25) is 0 Å². The number of oxime groups is 1. The molecule has 0 N–H and O–H groups in total. The van der Waals surface area contributed by atoms with E-state index < -0.39 is 5.82 Å². The van der Waals surface area contributed by atoms with Gasteiger partial charge in [0.05, 0.1) is 5.71 Å². The fourth-order valence-corrected chi connectivity index (χ4v) is 2.22. The number of hydrogen-bond acceptors (Lipinski definition) is 3. The van der Waals surface area contributed by atoms with Gasteiger partial charge in [-0.3, -0.25) is 0 Å². The molecule has 2 rings (SSSR count). The van der Waals surface area contributed by atoms with Gasteiger partial charge >= 0.3 is 0 Å². The molecule has 0 saturated heterocycles. The SMILES string of the molecule is CO/N=C(\C)c1ccccc1Oc1ccc(CBr)cc1F. The Balaban J connectivity index is 2.34. The van der Waals surface area contributed by atoms with E-state index in [2.05, 4.69) is 21.1 Å². The first-order valence-electron chi connectivity index (χ1n) is 6.35. The lowest BCUT2D eigenvalue weighted by Gasteiger charge is -2.11. The molecule has 21 heavy (non-hydrogen) atoms. The van der Waals surface area contributed by atoms with Crippen LogP contribution in [0.25, 0.3) is 0 Å². The van der Waals surface area contributed by atoms with Crippen molar-refractivity contribution in [1.82, 2.24) is 0 Å². The lowest BCUT2D eigenvalue weighted by atomic mass is 10.1.